The molecule has 48 heavy (non-hydrogen) atoms. The summed E-state index contributed by atoms with van der Waals surface area (Å²) in [6, 6.07) is 13.9. The number of benzene rings is 2. The van der Waals surface area contributed by atoms with Crippen LogP contribution in [0.15, 0.2) is 67.3 Å². The van der Waals surface area contributed by atoms with Crippen molar-refractivity contribution >= 4 is 34.7 Å². The quantitative estimate of drug-likeness (QED) is 0.241. The van der Waals surface area contributed by atoms with Crippen molar-refractivity contribution < 1.29 is 23.8 Å². The summed E-state index contributed by atoms with van der Waals surface area (Å²) in [7, 11) is 0. The number of halogens is 1. The summed E-state index contributed by atoms with van der Waals surface area (Å²) in [6.07, 6.45) is 4.74. The van der Waals surface area contributed by atoms with Gasteiger partial charge in [0.25, 0.3) is 11.8 Å². The van der Waals surface area contributed by atoms with Crippen LogP contribution in [0.1, 0.15) is 58.2 Å². The van der Waals surface area contributed by atoms with Crippen molar-refractivity contribution in [2.45, 2.75) is 39.3 Å². The number of aromatic nitrogens is 4. The molecule has 0 saturated carbocycles. The molecule has 0 aliphatic carbocycles. The van der Waals surface area contributed by atoms with Crippen molar-refractivity contribution in [1.82, 2.24) is 29.9 Å². The number of nitrogens with one attached hydrogen (secondary N) is 2. The first-order chi connectivity index (χ1) is 23.1. The molecule has 7 rings (SSSR count). The lowest BCUT2D eigenvalue weighted by atomic mass is 9.84. The van der Waals surface area contributed by atoms with E-state index in [1.54, 1.807) is 39.9 Å². The Bertz CT molecular complexity index is 2030. The molecule has 5 aromatic rings. The molecular weight excluding hydrogens is 615 g/mol. The van der Waals surface area contributed by atoms with Crippen molar-refractivity contribution in [3.63, 3.8) is 0 Å². The maximum absolute atomic E-state index is 15.4. The van der Waals surface area contributed by atoms with Gasteiger partial charge < -0.3 is 20.1 Å². The van der Waals surface area contributed by atoms with Gasteiger partial charge in [0.05, 0.1) is 42.3 Å². The van der Waals surface area contributed by atoms with Gasteiger partial charge in [-0.25, -0.2) is 29.3 Å². The molecule has 12 nitrogen and oxygen atoms in total. The number of carbonyl (C=O) groups is 2. The number of pyridine rings is 2. The molecule has 1 saturated heterocycles. The summed E-state index contributed by atoms with van der Waals surface area (Å²) in [4.78, 5) is 37.2. The Morgan fingerprint density at radius 2 is 1.92 bits per heavy atom. The van der Waals surface area contributed by atoms with Crippen LogP contribution in [0.5, 0.6) is 0 Å². The van der Waals surface area contributed by atoms with Crippen LogP contribution in [0.2, 0.25) is 0 Å². The maximum Gasteiger partial charge on any atom is 0.275 e. The first-order valence-corrected chi connectivity index (χ1v) is 15.7. The van der Waals surface area contributed by atoms with Crippen LogP contribution in [-0.4, -0.2) is 67.7 Å². The van der Waals surface area contributed by atoms with Gasteiger partial charge in [0.2, 0.25) is 0 Å². The Labute approximate surface area is 276 Å². The molecule has 0 spiro atoms. The van der Waals surface area contributed by atoms with E-state index in [1.165, 1.54) is 23.6 Å². The maximum atomic E-state index is 15.4. The normalized spacial score (nSPS) is 15.1. The van der Waals surface area contributed by atoms with E-state index in [1.807, 2.05) is 39.0 Å². The molecule has 2 aliphatic heterocycles. The van der Waals surface area contributed by atoms with Crippen LogP contribution in [0.4, 0.5) is 21.6 Å². The van der Waals surface area contributed by atoms with Gasteiger partial charge in [-0.3, -0.25) is 9.59 Å². The molecule has 2 amide bonds. The van der Waals surface area contributed by atoms with Crippen LogP contribution in [0.3, 0.4) is 0 Å². The zero-order valence-corrected chi connectivity index (χ0v) is 26.8. The molecule has 3 N–H and O–H groups in total. The van der Waals surface area contributed by atoms with E-state index in [0.717, 1.165) is 5.56 Å². The molecule has 0 unspecified atom stereocenters. The lowest BCUT2D eigenvalue weighted by molar-refractivity contribution is 0.0302. The summed E-state index contributed by atoms with van der Waals surface area (Å²) >= 11 is 0. The molecule has 0 bridgehead atoms. The molecule has 3 aromatic heterocycles. The second kappa shape index (κ2) is 12.4. The lowest BCUT2D eigenvalue weighted by Gasteiger charge is -2.32. The molecule has 246 valence electrons. The van der Waals surface area contributed by atoms with Gasteiger partial charge in [0.1, 0.15) is 18.0 Å². The lowest BCUT2D eigenvalue weighted by Crippen LogP contribution is -2.48. The van der Waals surface area contributed by atoms with E-state index >= 15 is 4.39 Å². The number of aliphatic hydroxyl groups excluding tert-OH is 1. The number of nitrogens with zero attached hydrogens (tertiary/aromatic N) is 6. The monoisotopic (exact) mass is 650 g/mol. The predicted molar refractivity (Wildman–Crippen MR) is 177 cm³/mol. The summed E-state index contributed by atoms with van der Waals surface area (Å²) < 4.78 is 22.4. The summed E-state index contributed by atoms with van der Waals surface area (Å²) in [6.45, 7) is 7.94. The van der Waals surface area contributed by atoms with Gasteiger partial charge in [0, 0.05) is 43.2 Å². The van der Waals surface area contributed by atoms with Crippen LogP contribution in [0, 0.1) is 5.82 Å². The standard InChI is InChI=1S/C35H35FN8O4/c1-35(2,3)24-13-22-17-39-44(34(47)31(22)27(36)15-24)29-6-4-5-25(26(29)19-45)23-14-28(32-38-20-40-43(32)18-23)41-30-8-7-21(16-37-30)33(46)42-9-11-48-12-10-42/h4-8,13-16,18,20,39,45H,9-12,17,19H2,1-3H3,(H,37,41). The highest BCUT2D eigenvalue weighted by Gasteiger charge is 2.32. The number of anilines is 3. The zero-order valence-electron chi connectivity index (χ0n) is 26.8. The number of fused-ring (bicyclic) bond motifs is 2. The van der Waals surface area contributed by atoms with Crippen LogP contribution in [0.25, 0.3) is 16.8 Å². The second-order valence-corrected chi connectivity index (χ2v) is 12.8. The van der Waals surface area contributed by atoms with Crippen molar-refractivity contribution in [3.05, 3.63) is 101 Å². The van der Waals surface area contributed by atoms with Gasteiger partial charge >= 0.3 is 0 Å². The third-order valence-corrected chi connectivity index (χ3v) is 8.69. The number of ether oxygens (including phenoxy) is 1. The number of hydrazine groups is 1. The Morgan fingerprint density at radius 1 is 1.10 bits per heavy atom. The highest BCUT2D eigenvalue weighted by molar-refractivity contribution is 6.08. The average molecular weight is 651 g/mol. The first kappa shape index (κ1) is 31.4. The van der Waals surface area contributed by atoms with Crippen LogP contribution in [-0.2, 0) is 23.3 Å². The summed E-state index contributed by atoms with van der Waals surface area (Å²) in [5.41, 5.74) is 8.01. The first-order valence-electron chi connectivity index (χ1n) is 15.7. The number of carbonyl (C=O) groups excluding carboxylic acids is 2. The Morgan fingerprint density at radius 3 is 2.65 bits per heavy atom. The van der Waals surface area contributed by atoms with E-state index in [4.69, 9.17) is 4.74 Å². The predicted octanol–water partition coefficient (Wildman–Crippen LogP) is 4.60. The smallest absolute Gasteiger partial charge is 0.275 e. The van der Waals surface area contributed by atoms with Crippen LogP contribution < -0.4 is 15.8 Å². The van der Waals surface area contributed by atoms with E-state index in [2.05, 4.69) is 25.8 Å². The number of hydrogen-bond donors (Lipinski definition) is 3. The van der Waals surface area contributed by atoms with Gasteiger partial charge in [-0.15, -0.1) is 0 Å². The Kier molecular flexibility index (Phi) is 8.11. The molecule has 0 radical (unpaired) electrons. The molecule has 0 atom stereocenters. The number of amides is 2. The average Bonchev–Trinajstić information content (AvgIpc) is 3.57. The minimum atomic E-state index is -0.574. The summed E-state index contributed by atoms with van der Waals surface area (Å²) in [5, 5.41) is 19.6. The van der Waals surface area contributed by atoms with Crippen molar-refractivity contribution in [2.75, 3.05) is 36.6 Å². The van der Waals surface area contributed by atoms with E-state index in [9.17, 15) is 14.7 Å². The topological polar surface area (TPSA) is 137 Å². The van der Waals surface area contributed by atoms with Gasteiger partial charge in [0.15, 0.2) is 5.65 Å². The van der Waals surface area contributed by atoms with E-state index in [0.29, 0.717) is 77.0 Å². The van der Waals surface area contributed by atoms with Gasteiger partial charge in [-0.1, -0.05) is 39.0 Å². The van der Waals surface area contributed by atoms with E-state index in [-0.39, 0.29) is 23.4 Å². The minimum absolute atomic E-state index is 0.0109. The number of morpholine rings is 1. The number of hydrogen-bond acceptors (Lipinski definition) is 9. The van der Waals surface area contributed by atoms with E-state index < -0.39 is 18.3 Å². The third kappa shape index (κ3) is 5.76. The van der Waals surface area contributed by atoms with Crippen molar-refractivity contribution in [1.29, 1.82) is 0 Å². The van der Waals surface area contributed by atoms with Crippen molar-refractivity contribution in [2.24, 2.45) is 0 Å². The second-order valence-electron chi connectivity index (χ2n) is 12.8. The Balaban J connectivity index is 1.20. The molecule has 5 heterocycles. The van der Waals surface area contributed by atoms with Crippen LogP contribution >= 0.6 is 0 Å². The highest BCUT2D eigenvalue weighted by Crippen LogP contribution is 2.36. The van der Waals surface area contributed by atoms with Crippen molar-refractivity contribution in [3.8, 4) is 11.1 Å². The van der Waals surface area contributed by atoms with Gasteiger partial charge in [-0.2, -0.15) is 5.10 Å². The number of aliphatic hydroxyl groups is 1. The molecule has 2 aromatic carbocycles. The SMILES string of the molecule is CC(C)(C)c1cc(F)c2c(c1)CNN(c1cccc(-c3cc(Nc4ccc(C(=O)N5CCOCC5)cn4)c4ncnn4c3)c1CO)C2=O. The zero-order chi connectivity index (χ0) is 33.6. The highest BCUT2D eigenvalue weighted by atomic mass is 19.1. The summed E-state index contributed by atoms with van der Waals surface area (Å²) in [5.74, 6) is -0.727. The molecule has 13 heteroatoms. The Hall–Kier alpha value is -5.24. The fraction of sp³-hybridized carbons (Fsp3) is 0.286. The molecule has 2 aliphatic rings. The van der Waals surface area contributed by atoms with Gasteiger partial charge in [-0.05, 0) is 52.4 Å². The number of rotatable bonds is 6. The fourth-order valence-corrected chi connectivity index (χ4v) is 6.09. The molecular formula is C35H35FN8O4. The third-order valence-electron chi connectivity index (χ3n) is 8.69. The minimum Gasteiger partial charge on any atom is -0.392 e. The fourth-order valence-electron chi connectivity index (χ4n) is 6.09. The molecule has 1 fully saturated rings. The largest absolute Gasteiger partial charge is 0.392 e.